The maximum absolute atomic E-state index is 12.6. The second-order valence-corrected chi connectivity index (χ2v) is 9.10. The Morgan fingerprint density at radius 3 is 2.37 bits per heavy atom. The van der Waals surface area contributed by atoms with Gasteiger partial charge in [0.25, 0.3) is 5.91 Å². The molecule has 0 heterocycles. The Morgan fingerprint density at radius 1 is 1.19 bits per heavy atom. The predicted molar refractivity (Wildman–Crippen MR) is 109 cm³/mol. The zero-order valence-electron chi connectivity index (χ0n) is 15.7. The molecule has 0 saturated carbocycles. The summed E-state index contributed by atoms with van der Waals surface area (Å²) in [5.74, 6) is 0.422. The lowest BCUT2D eigenvalue weighted by atomic mass is 10.1. The van der Waals surface area contributed by atoms with Crippen LogP contribution in [0.1, 0.15) is 35.8 Å². The molecule has 1 atom stereocenters. The molecule has 2 rings (SSSR count). The lowest BCUT2D eigenvalue weighted by molar-refractivity contribution is 0.0939. The quantitative estimate of drug-likeness (QED) is 0.693. The van der Waals surface area contributed by atoms with Gasteiger partial charge in [-0.25, -0.2) is 12.7 Å². The summed E-state index contributed by atoms with van der Waals surface area (Å²) in [6.45, 7) is 4.37. The van der Waals surface area contributed by atoms with Gasteiger partial charge < -0.3 is 10.1 Å². The molecule has 6 nitrogen and oxygen atoms in total. The molecule has 1 N–H and O–H groups in total. The summed E-state index contributed by atoms with van der Waals surface area (Å²) >= 11 is 3.24. The molecule has 1 amide bonds. The molecule has 0 spiro atoms. The summed E-state index contributed by atoms with van der Waals surface area (Å²) < 4.78 is 31.7. The summed E-state index contributed by atoms with van der Waals surface area (Å²) in [5.41, 5.74) is 1.20. The summed E-state index contributed by atoms with van der Waals surface area (Å²) in [6.07, 6.45) is 0. The average molecular weight is 455 g/mol. The van der Waals surface area contributed by atoms with E-state index >= 15 is 0 Å². The van der Waals surface area contributed by atoms with E-state index in [2.05, 4.69) is 21.2 Å². The molecule has 0 aromatic heterocycles. The molecule has 0 radical (unpaired) electrons. The van der Waals surface area contributed by atoms with E-state index < -0.39 is 10.0 Å². The van der Waals surface area contributed by atoms with Crippen LogP contribution < -0.4 is 10.1 Å². The summed E-state index contributed by atoms with van der Waals surface area (Å²) in [4.78, 5) is 12.6. The van der Waals surface area contributed by atoms with Gasteiger partial charge in [-0.2, -0.15) is 0 Å². The van der Waals surface area contributed by atoms with Crippen molar-refractivity contribution in [1.82, 2.24) is 9.62 Å². The molecule has 2 aromatic rings. The smallest absolute Gasteiger partial charge is 0.251 e. The van der Waals surface area contributed by atoms with Crippen molar-refractivity contribution in [3.63, 3.8) is 0 Å². The Labute approximate surface area is 168 Å². The third-order valence-corrected chi connectivity index (χ3v) is 6.80. The minimum atomic E-state index is -3.66. The Balaban J connectivity index is 2.20. The summed E-state index contributed by atoms with van der Waals surface area (Å²) in [5, 5.41) is 2.89. The number of carbonyl (C=O) groups excluding carboxylic acids is 1. The highest BCUT2D eigenvalue weighted by Gasteiger charge is 2.22. The number of amides is 1. The molecule has 0 aliphatic carbocycles. The van der Waals surface area contributed by atoms with E-state index in [4.69, 9.17) is 4.74 Å². The molecular weight excluding hydrogens is 432 g/mol. The van der Waals surface area contributed by atoms with E-state index in [1.807, 2.05) is 38.1 Å². The number of benzene rings is 2. The maximum Gasteiger partial charge on any atom is 0.251 e. The van der Waals surface area contributed by atoms with E-state index in [1.165, 1.54) is 20.2 Å². The second-order valence-electron chi connectivity index (χ2n) is 6.13. The van der Waals surface area contributed by atoms with E-state index in [0.29, 0.717) is 11.1 Å². The Morgan fingerprint density at radius 2 is 1.81 bits per heavy atom. The molecule has 0 aliphatic heterocycles. The number of rotatable bonds is 7. The first-order valence-electron chi connectivity index (χ1n) is 8.42. The van der Waals surface area contributed by atoms with Gasteiger partial charge in [-0.1, -0.05) is 12.1 Å². The topological polar surface area (TPSA) is 75.7 Å². The van der Waals surface area contributed by atoms with Crippen LogP contribution in [0.2, 0.25) is 0 Å². The van der Waals surface area contributed by atoms with Gasteiger partial charge in [-0.3, -0.25) is 4.79 Å². The maximum atomic E-state index is 12.6. The van der Waals surface area contributed by atoms with Gasteiger partial charge in [0.2, 0.25) is 10.0 Å². The molecule has 0 fully saturated rings. The first kappa shape index (κ1) is 21.4. The van der Waals surface area contributed by atoms with Crippen molar-refractivity contribution < 1.29 is 17.9 Å². The van der Waals surface area contributed by atoms with Gasteiger partial charge in [0.05, 0.1) is 17.5 Å². The minimum absolute atomic E-state index is 0.0499. The van der Waals surface area contributed by atoms with Crippen LogP contribution in [-0.2, 0) is 10.0 Å². The first-order chi connectivity index (χ1) is 12.7. The third-order valence-electron chi connectivity index (χ3n) is 3.99. The predicted octanol–water partition coefficient (Wildman–Crippen LogP) is 3.59. The van der Waals surface area contributed by atoms with Crippen molar-refractivity contribution in [2.45, 2.75) is 24.8 Å². The SMILES string of the molecule is CCOc1ccc([C@H](C)NC(=O)c2ccc(Br)c(S(=O)(=O)N(C)C)c2)cc1. The van der Waals surface area contributed by atoms with E-state index in [0.717, 1.165) is 15.6 Å². The Hall–Kier alpha value is -1.90. The van der Waals surface area contributed by atoms with Crippen molar-refractivity contribution in [3.05, 3.63) is 58.1 Å². The van der Waals surface area contributed by atoms with E-state index in [9.17, 15) is 13.2 Å². The zero-order chi connectivity index (χ0) is 20.2. The Bertz CT molecular complexity index is 912. The van der Waals surface area contributed by atoms with Gasteiger partial charge >= 0.3 is 0 Å². The fourth-order valence-electron chi connectivity index (χ4n) is 2.42. The first-order valence-corrected chi connectivity index (χ1v) is 10.7. The average Bonchev–Trinajstić information content (AvgIpc) is 2.62. The summed E-state index contributed by atoms with van der Waals surface area (Å²) in [6, 6.07) is 11.8. The number of halogens is 1. The highest BCUT2D eigenvalue weighted by molar-refractivity contribution is 9.10. The van der Waals surface area contributed by atoms with Crippen molar-refractivity contribution in [1.29, 1.82) is 0 Å². The second kappa shape index (κ2) is 8.86. The number of ether oxygens (including phenoxy) is 1. The molecule has 0 saturated heterocycles. The van der Waals surface area contributed by atoms with Crippen LogP contribution in [0.4, 0.5) is 0 Å². The lowest BCUT2D eigenvalue weighted by Crippen LogP contribution is -2.27. The number of nitrogens with one attached hydrogen (secondary N) is 1. The number of hydrogen-bond acceptors (Lipinski definition) is 4. The molecule has 27 heavy (non-hydrogen) atoms. The minimum Gasteiger partial charge on any atom is -0.494 e. The normalized spacial score (nSPS) is 12.7. The van der Waals surface area contributed by atoms with Crippen LogP contribution in [0.3, 0.4) is 0 Å². The van der Waals surface area contributed by atoms with Crippen molar-refractivity contribution >= 4 is 31.9 Å². The van der Waals surface area contributed by atoms with Crippen LogP contribution in [-0.4, -0.2) is 39.3 Å². The Kier molecular flexibility index (Phi) is 7.02. The lowest BCUT2D eigenvalue weighted by Gasteiger charge is -2.17. The van der Waals surface area contributed by atoms with Gasteiger partial charge in [0.15, 0.2) is 0 Å². The molecule has 0 unspecified atom stereocenters. The van der Waals surface area contributed by atoms with Crippen LogP contribution in [0.5, 0.6) is 5.75 Å². The number of hydrogen-bond donors (Lipinski definition) is 1. The van der Waals surface area contributed by atoms with Crippen molar-refractivity contribution in [2.75, 3.05) is 20.7 Å². The number of nitrogens with zero attached hydrogens (tertiary/aromatic N) is 1. The highest BCUT2D eigenvalue weighted by atomic mass is 79.9. The van der Waals surface area contributed by atoms with Gasteiger partial charge in [0, 0.05) is 24.1 Å². The van der Waals surface area contributed by atoms with Gasteiger partial charge in [-0.15, -0.1) is 0 Å². The molecule has 0 aliphatic rings. The highest BCUT2D eigenvalue weighted by Crippen LogP contribution is 2.26. The molecular formula is C19H23BrN2O4S. The van der Waals surface area contributed by atoms with Crippen LogP contribution >= 0.6 is 15.9 Å². The molecule has 8 heteroatoms. The van der Waals surface area contributed by atoms with Gasteiger partial charge in [0.1, 0.15) is 5.75 Å². The van der Waals surface area contributed by atoms with E-state index in [-0.39, 0.29) is 22.4 Å². The third kappa shape index (κ3) is 5.09. The molecule has 0 bridgehead atoms. The largest absolute Gasteiger partial charge is 0.494 e. The van der Waals surface area contributed by atoms with Gasteiger partial charge in [-0.05, 0) is 65.7 Å². The number of carbonyl (C=O) groups is 1. The van der Waals surface area contributed by atoms with Crippen LogP contribution in [0, 0.1) is 0 Å². The summed E-state index contributed by atoms with van der Waals surface area (Å²) in [7, 11) is -0.768. The van der Waals surface area contributed by atoms with Crippen LogP contribution in [0.15, 0.2) is 51.8 Å². The van der Waals surface area contributed by atoms with Crippen molar-refractivity contribution in [2.24, 2.45) is 0 Å². The van der Waals surface area contributed by atoms with E-state index in [1.54, 1.807) is 12.1 Å². The fourth-order valence-corrected chi connectivity index (χ4v) is 4.27. The van der Waals surface area contributed by atoms with Crippen LogP contribution in [0.25, 0.3) is 0 Å². The monoisotopic (exact) mass is 454 g/mol. The zero-order valence-corrected chi connectivity index (χ0v) is 18.1. The number of sulfonamides is 1. The standard InChI is InChI=1S/C19H23BrN2O4S/c1-5-26-16-9-6-14(7-10-16)13(2)21-19(23)15-8-11-17(20)18(12-15)27(24,25)22(3)4/h6-13H,5H2,1-4H3,(H,21,23)/t13-/m0/s1. The molecule has 2 aromatic carbocycles. The van der Waals surface area contributed by atoms with Crippen molar-refractivity contribution in [3.8, 4) is 5.75 Å². The fraction of sp³-hybridized carbons (Fsp3) is 0.316. The molecule has 146 valence electrons.